The van der Waals surface area contributed by atoms with E-state index in [1.165, 1.54) is 5.57 Å². The summed E-state index contributed by atoms with van der Waals surface area (Å²) in [4.78, 5) is 14.7. The molecule has 4 nitrogen and oxygen atoms in total. The number of rotatable bonds is 3. The molecular weight excluding hydrogens is 348 g/mol. The monoisotopic (exact) mass is 372 g/mol. The SMILES string of the molecule is Cc1ccc(C2=CC3CCCC(C2)N3C(=O)OCc2ccccc2)c(C#N)c1. The van der Waals surface area contributed by atoms with Crippen LogP contribution in [0.2, 0.25) is 0 Å². The molecule has 2 aliphatic heterocycles. The van der Waals surface area contributed by atoms with Gasteiger partial charge in [0, 0.05) is 6.04 Å². The Morgan fingerprint density at radius 1 is 1.21 bits per heavy atom. The molecule has 0 aromatic heterocycles. The lowest BCUT2D eigenvalue weighted by Crippen LogP contribution is -2.51. The molecule has 0 radical (unpaired) electrons. The lowest BCUT2D eigenvalue weighted by atomic mass is 9.82. The molecule has 2 aromatic rings. The van der Waals surface area contributed by atoms with E-state index in [9.17, 15) is 10.1 Å². The molecule has 4 heteroatoms. The molecule has 0 aliphatic carbocycles. The number of fused-ring (bicyclic) bond motifs is 2. The number of amides is 1. The van der Waals surface area contributed by atoms with Crippen molar-refractivity contribution < 1.29 is 9.53 Å². The van der Waals surface area contributed by atoms with Crippen molar-refractivity contribution in [1.82, 2.24) is 4.90 Å². The van der Waals surface area contributed by atoms with Crippen LogP contribution in [-0.2, 0) is 11.3 Å². The van der Waals surface area contributed by atoms with Crippen LogP contribution in [0.15, 0.2) is 54.6 Å². The summed E-state index contributed by atoms with van der Waals surface area (Å²) in [5.74, 6) is 0. The Morgan fingerprint density at radius 3 is 2.79 bits per heavy atom. The first-order valence-electron chi connectivity index (χ1n) is 9.86. The van der Waals surface area contributed by atoms with Crippen LogP contribution in [-0.4, -0.2) is 23.1 Å². The van der Waals surface area contributed by atoms with Gasteiger partial charge in [0.25, 0.3) is 0 Å². The highest BCUT2D eigenvalue weighted by atomic mass is 16.6. The van der Waals surface area contributed by atoms with E-state index in [0.717, 1.165) is 42.4 Å². The molecule has 0 N–H and O–H groups in total. The second kappa shape index (κ2) is 7.90. The normalized spacial score (nSPS) is 20.9. The first-order valence-corrected chi connectivity index (χ1v) is 9.86. The topological polar surface area (TPSA) is 53.3 Å². The Kier molecular flexibility index (Phi) is 5.16. The molecule has 0 saturated carbocycles. The fourth-order valence-electron chi connectivity index (χ4n) is 4.34. The molecule has 28 heavy (non-hydrogen) atoms. The maximum atomic E-state index is 12.8. The van der Waals surface area contributed by atoms with Crippen LogP contribution >= 0.6 is 0 Å². The van der Waals surface area contributed by atoms with Gasteiger partial charge in [-0.25, -0.2) is 4.79 Å². The van der Waals surface area contributed by atoms with Crippen molar-refractivity contribution in [2.24, 2.45) is 0 Å². The third-order valence-corrected chi connectivity index (χ3v) is 5.69. The van der Waals surface area contributed by atoms with Crippen LogP contribution in [0.1, 0.15) is 47.9 Å². The quantitative estimate of drug-likeness (QED) is 0.743. The van der Waals surface area contributed by atoms with E-state index >= 15 is 0 Å². The van der Waals surface area contributed by atoms with Gasteiger partial charge in [-0.2, -0.15) is 5.26 Å². The lowest BCUT2D eigenvalue weighted by molar-refractivity contribution is 0.0510. The van der Waals surface area contributed by atoms with Crippen LogP contribution in [0.4, 0.5) is 4.79 Å². The van der Waals surface area contributed by atoms with E-state index in [2.05, 4.69) is 12.1 Å². The fraction of sp³-hybridized carbons (Fsp3) is 0.333. The molecule has 2 aromatic carbocycles. The lowest BCUT2D eigenvalue weighted by Gasteiger charge is -2.44. The summed E-state index contributed by atoms with van der Waals surface area (Å²) >= 11 is 0. The Labute approximate surface area is 166 Å². The second-order valence-corrected chi connectivity index (χ2v) is 7.66. The molecule has 2 heterocycles. The third-order valence-electron chi connectivity index (χ3n) is 5.69. The zero-order valence-electron chi connectivity index (χ0n) is 16.1. The molecule has 0 spiro atoms. The van der Waals surface area contributed by atoms with Gasteiger partial charge < -0.3 is 4.74 Å². The van der Waals surface area contributed by atoms with Gasteiger partial charge in [-0.1, -0.05) is 48.5 Å². The minimum Gasteiger partial charge on any atom is -0.445 e. The van der Waals surface area contributed by atoms with Crippen LogP contribution in [0, 0.1) is 18.3 Å². The first kappa shape index (κ1) is 18.3. The van der Waals surface area contributed by atoms with Crippen molar-refractivity contribution in [2.75, 3.05) is 0 Å². The highest BCUT2D eigenvalue weighted by Gasteiger charge is 2.38. The Balaban J connectivity index is 1.54. The minimum absolute atomic E-state index is 0.0404. The van der Waals surface area contributed by atoms with Crippen LogP contribution < -0.4 is 0 Å². The van der Waals surface area contributed by atoms with Crippen molar-refractivity contribution in [3.63, 3.8) is 0 Å². The summed E-state index contributed by atoms with van der Waals surface area (Å²) in [5.41, 5.74) is 4.97. The van der Waals surface area contributed by atoms with E-state index in [4.69, 9.17) is 4.74 Å². The molecule has 1 saturated heterocycles. The summed E-state index contributed by atoms with van der Waals surface area (Å²) in [5, 5.41) is 9.53. The number of hydrogen-bond acceptors (Lipinski definition) is 3. The molecule has 2 aliphatic rings. The Bertz CT molecular complexity index is 943. The van der Waals surface area contributed by atoms with Crippen LogP contribution in [0.5, 0.6) is 0 Å². The van der Waals surface area contributed by atoms with Crippen molar-refractivity contribution in [3.8, 4) is 6.07 Å². The van der Waals surface area contributed by atoms with E-state index in [1.54, 1.807) is 0 Å². The predicted molar refractivity (Wildman–Crippen MR) is 108 cm³/mol. The molecule has 1 fully saturated rings. The van der Waals surface area contributed by atoms with Crippen LogP contribution in [0.3, 0.4) is 0 Å². The summed E-state index contributed by atoms with van der Waals surface area (Å²) in [6, 6.07) is 18.3. The number of hydrogen-bond donors (Lipinski definition) is 0. The van der Waals surface area contributed by atoms with E-state index in [0.29, 0.717) is 12.2 Å². The highest BCUT2D eigenvalue weighted by Crippen LogP contribution is 2.38. The highest BCUT2D eigenvalue weighted by molar-refractivity contribution is 5.76. The predicted octanol–water partition coefficient (Wildman–Crippen LogP) is 5.21. The number of carbonyl (C=O) groups is 1. The summed E-state index contributed by atoms with van der Waals surface area (Å²) < 4.78 is 5.61. The van der Waals surface area contributed by atoms with E-state index < -0.39 is 0 Å². The van der Waals surface area contributed by atoms with Crippen molar-refractivity contribution >= 4 is 11.7 Å². The largest absolute Gasteiger partial charge is 0.445 e. The third kappa shape index (κ3) is 3.66. The summed E-state index contributed by atoms with van der Waals surface area (Å²) in [7, 11) is 0. The van der Waals surface area contributed by atoms with Gasteiger partial charge in [0.05, 0.1) is 17.7 Å². The Hall–Kier alpha value is -3.06. The van der Waals surface area contributed by atoms with Gasteiger partial charge in [0.1, 0.15) is 6.61 Å². The smallest absolute Gasteiger partial charge is 0.410 e. The van der Waals surface area contributed by atoms with Gasteiger partial charge in [0.2, 0.25) is 0 Å². The zero-order chi connectivity index (χ0) is 19.5. The van der Waals surface area contributed by atoms with Gasteiger partial charge in [-0.15, -0.1) is 0 Å². The maximum absolute atomic E-state index is 12.8. The average Bonchev–Trinajstić information content (AvgIpc) is 2.71. The number of ether oxygens (including phenoxy) is 1. The van der Waals surface area contributed by atoms with Crippen molar-refractivity contribution in [1.29, 1.82) is 5.26 Å². The fourth-order valence-corrected chi connectivity index (χ4v) is 4.34. The van der Waals surface area contributed by atoms with Crippen molar-refractivity contribution in [2.45, 2.75) is 51.3 Å². The zero-order valence-corrected chi connectivity index (χ0v) is 16.1. The molecule has 2 unspecified atom stereocenters. The van der Waals surface area contributed by atoms with Gasteiger partial charge >= 0.3 is 6.09 Å². The number of nitriles is 1. The Morgan fingerprint density at radius 2 is 2.04 bits per heavy atom. The van der Waals surface area contributed by atoms with Gasteiger partial charge in [-0.05, 0) is 60.9 Å². The number of carbonyl (C=O) groups excluding carboxylic acids is 1. The maximum Gasteiger partial charge on any atom is 0.410 e. The second-order valence-electron chi connectivity index (χ2n) is 7.66. The minimum atomic E-state index is -0.238. The number of nitrogens with zero attached hydrogens (tertiary/aromatic N) is 2. The summed E-state index contributed by atoms with van der Waals surface area (Å²) in [6.45, 7) is 2.29. The standard InChI is InChI=1S/C24H24N2O2/c1-17-10-11-23(20(12-17)15-25)19-13-21-8-5-9-22(14-19)26(21)24(27)28-16-18-6-3-2-4-7-18/h2-4,6-7,10-13,21-22H,5,8-9,14,16H2,1H3. The molecule has 142 valence electrons. The number of piperidine rings is 1. The first-order chi connectivity index (χ1) is 13.7. The molecule has 1 amide bonds. The van der Waals surface area contributed by atoms with Gasteiger partial charge in [0.15, 0.2) is 0 Å². The molecular formula is C24H24N2O2. The number of aryl methyl sites for hydroxylation is 1. The summed E-state index contributed by atoms with van der Waals surface area (Å²) in [6.07, 6.45) is 5.73. The molecule has 4 rings (SSSR count). The molecule has 2 atom stereocenters. The average molecular weight is 372 g/mol. The van der Waals surface area contributed by atoms with E-state index in [-0.39, 0.29) is 18.2 Å². The van der Waals surface area contributed by atoms with Crippen LogP contribution in [0.25, 0.3) is 5.57 Å². The number of benzene rings is 2. The molecule has 2 bridgehead atoms. The van der Waals surface area contributed by atoms with E-state index in [1.807, 2.05) is 60.4 Å². The van der Waals surface area contributed by atoms with Gasteiger partial charge in [-0.3, -0.25) is 4.90 Å². The van der Waals surface area contributed by atoms with Crippen molar-refractivity contribution in [3.05, 3.63) is 76.9 Å².